The monoisotopic (exact) mass is 335 g/mol. The van der Waals surface area contributed by atoms with E-state index < -0.39 is 0 Å². The van der Waals surface area contributed by atoms with E-state index in [-0.39, 0.29) is 11.9 Å². The topological polar surface area (TPSA) is 21.3 Å². The molecule has 0 aliphatic heterocycles. The Morgan fingerprint density at radius 3 is 2.95 bits per heavy atom. The van der Waals surface area contributed by atoms with E-state index >= 15 is 0 Å². The second-order valence-corrected chi connectivity index (χ2v) is 5.80. The molecule has 0 radical (unpaired) electrons. The quantitative estimate of drug-likeness (QED) is 0.877. The van der Waals surface area contributed by atoms with Crippen molar-refractivity contribution < 1.29 is 9.13 Å². The summed E-state index contributed by atoms with van der Waals surface area (Å²) in [6, 6.07) is 11.3. The van der Waals surface area contributed by atoms with Crippen LogP contribution in [0, 0.1) is 5.82 Å². The predicted octanol–water partition coefficient (Wildman–Crippen LogP) is 4.70. The van der Waals surface area contributed by atoms with Crippen LogP contribution in [-0.4, -0.2) is 7.11 Å². The van der Waals surface area contributed by atoms with Gasteiger partial charge in [-0.2, -0.15) is 0 Å². The van der Waals surface area contributed by atoms with Crippen molar-refractivity contribution in [2.24, 2.45) is 0 Å². The minimum absolute atomic E-state index is 0.104. The van der Waals surface area contributed by atoms with E-state index in [9.17, 15) is 4.39 Å². The van der Waals surface area contributed by atoms with Crippen molar-refractivity contribution in [3.05, 3.63) is 57.8 Å². The van der Waals surface area contributed by atoms with E-state index in [2.05, 4.69) is 21.2 Å². The van der Waals surface area contributed by atoms with E-state index in [0.717, 1.165) is 39.9 Å². The highest BCUT2D eigenvalue weighted by atomic mass is 79.9. The first-order valence-corrected chi connectivity index (χ1v) is 7.35. The molecule has 1 atom stereocenters. The van der Waals surface area contributed by atoms with Crippen molar-refractivity contribution in [3.63, 3.8) is 0 Å². The Labute approximate surface area is 126 Å². The van der Waals surface area contributed by atoms with Gasteiger partial charge < -0.3 is 10.1 Å². The Morgan fingerprint density at radius 2 is 2.15 bits per heavy atom. The molecule has 20 heavy (non-hydrogen) atoms. The maximum absolute atomic E-state index is 13.8. The van der Waals surface area contributed by atoms with Gasteiger partial charge in [0.1, 0.15) is 11.6 Å². The molecule has 1 aliphatic carbocycles. The minimum Gasteiger partial charge on any atom is -0.495 e. The summed E-state index contributed by atoms with van der Waals surface area (Å²) in [7, 11) is 1.65. The number of ether oxygens (including phenoxy) is 1. The summed E-state index contributed by atoms with van der Waals surface area (Å²) in [4.78, 5) is 0. The molecule has 3 rings (SSSR count). The SMILES string of the molecule is COc1ccc(Br)cc1NC1CCc2c(F)cccc21. The number of benzene rings is 2. The molecule has 0 fully saturated rings. The van der Waals surface area contributed by atoms with Crippen LogP contribution in [0.4, 0.5) is 10.1 Å². The van der Waals surface area contributed by atoms with E-state index in [4.69, 9.17) is 4.74 Å². The number of hydrogen-bond donors (Lipinski definition) is 1. The molecule has 0 saturated carbocycles. The zero-order chi connectivity index (χ0) is 14.1. The maximum atomic E-state index is 13.8. The van der Waals surface area contributed by atoms with E-state index in [1.165, 1.54) is 6.07 Å². The van der Waals surface area contributed by atoms with Crippen molar-refractivity contribution >= 4 is 21.6 Å². The van der Waals surface area contributed by atoms with Gasteiger partial charge in [-0.3, -0.25) is 0 Å². The number of halogens is 2. The first-order valence-electron chi connectivity index (χ1n) is 6.56. The van der Waals surface area contributed by atoms with Gasteiger partial charge in [0.05, 0.1) is 18.8 Å². The fourth-order valence-electron chi connectivity index (χ4n) is 2.74. The average Bonchev–Trinajstić information content (AvgIpc) is 2.84. The first-order chi connectivity index (χ1) is 9.69. The smallest absolute Gasteiger partial charge is 0.142 e. The number of nitrogens with one attached hydrogen (secondary N) is 1. The average molecular weight is 336 g/mol. The third kappa shape index (κ3) is 2.40. The second-order valence-electron chi connectivity index (χ2n) is 4.89. The summed E-state index contributed by atoms with van der Waals surface area (Å²) < 4.78 is 20.1. The first kappa shape index (κ1) is 13.4. The van der Waals surface area contributed by atoms with Gasteiger partial charge in [-0.25, -0.2) is 4.39 Å². The lowest BCUT2D eigenvalue weighted by Crippen LogP contribution is -2.08. The highest BCUT2D eigenvalue weighted by Gasteiger charge is 2.25. The Balaban J connectivity index is 1.91. The molecule has 0 spiro atoms. The van der Waals surface area contributed by atoms with Gasteiger partial charge >= 0.3 is 0 Å². The van der Waals surface area contributed by atoms with Crippen molar-refractivity contribution in [1.29, 1.82) is 0 Å². The van der Waals surface area contributed by atoms with Crippen molar-refractivity contribution in [3.8, 4) is 5.75 Å². The van der Waals surface area contributed by atoms with E-state index in [1.54, 1.807) is 13.2 Å². The van der Waals surface area contributed by atoms with Crippen LogP contribution >= 0.6 is 15.9 Å². The molecule has 1 N–H and O–H groups in total. The lowest BCUT2D eigenvalue weighted by molar-refractivity contribution is 0.416. The summed E-state index contributed by atoms with van der Waals surface area (Å²) in [5.41, 5.74) is 2.80. The molecule has 0 amide bonds. The highest BCUT2D eigenvalue weighted by molar-refractivity contribution is 9.10. The molecule has 104 valence electrons. The molecule has 2 aromatic rings. The third-order valence-electron chi connectivity index (χ3n) is 3.70. The van der Waals surface area contributed by atoms with Gasteiger partial charge in [-0.05, 0) is 48.2 Å². The minimum atomic E-state index is -0.104. The highest BCUT2D eigenvalue weighted by Crippen LogP contribution is 2.38. The second kappa shape index (κ2) is 5.44. The van der Waals surface area contributed by atoms with Crippen LogP contribution in [0.3, 0.4) is 0 Å². The number of hydrogen-bond acceptors (Lipinski definition) is 2. The van der Waals surface area contributed by atoms with Crippen LogP contribution in [0.2, 0.25) is 0 Å². The Kier molecular flexibility index (Phi) is 3.66. The number of anilines is 1. The molecular weight excluding hydrogens is 321 g/mol. The zero-order valence-electron chi connectivity index (χ0n) is 11.1. The van der Waals surface area contributed by atoms with E-state index in [1.807, 2.05) is 24.3 Å². The molecule has 1 aliphatic rings. The largest absolute Gasteiger partial charge is 0.495 e. The van der Waals surface area contributed by atoms with Gasteiger partial charge in [-0.1, -0.05) is 28.1 Å². The summed E-state index contributed by atoms with van der Waals surface area (Å²) in [5.74, 6) is 0.686. The molecule has 4 heteroatoms. The fraction of sp³-hybridized carbons (Fsp3) is 0.250. The summed E-state index contributed by atoms with van der Waals surface area (Å²) in [6.07, 6.45) is 1.67. The van der Waals surface area contributed by atoms with Crippen LogP contribution < -0.4 is 10.1 Å². The van der Waals surface area contributed by atoms with Crippen LogP contribution in [0.1, 0.15) is 23.6 Å². The van der Waals surface area contributed by atoms with Crippen molar-refractivity contribution in [2.75, 3.05) is 12.4 Å². The van der Waals surface area contributed by atoms with Gasteiger partial charge in [0.2, 0.25) is 0 Å². The van der Waals surface area contributed by atoms with Crippen molar-refractivity contribution in [1.82, 2.24) is 0 Å². The van der Waals surface area contributed by atoms with E-state index in [0.29, 0.717) is 0 Å². The van der Waals surface area contributed by atoms with Gasteiger partial charge in [0.25, 0.3) is 0 Å². The molecule has 2 nitrogen and oxygen atoms in total. The predicted molar refractivity (Wildman–Crippen MR) is 81.8 cm³/mol. The van der Waals surface area contributed by atoms with Gasteiger partial charge in [0, 0.05) is 4.47 Å². The van der Waals surface area contributed by atoms with Crippen LogP contribution in [0.5, 0.6) is 5.75 Å². The Bertz CT molecular complexity index is 644. The molecule has 0 bridgehead atoms. The van der Waals surface area contributed by atoms with Gasteiger partial charge in [0.15, 0.2) is 0 Å². The molecular formula is C16H15BrFNO. The van der Waals surface area contributed by atoms with Crippen LogP contribution in [0.25, 0.3) is 0 Å². The van der Waals surface area contributed by atoms with Crippen LogP contribution in [-0.2, 0) is 6.42 Å². The van der Waals surface area contributed by atoms with Crippen molar-refractivity contribution in [2.45, 2.75) is 18.9 Å². The summed E-state index contributed by atoms with van der Waals surface area (Å²) >= 11 is 3.46. The standard InChI is InChI=1S/C16H15BrFNO/c1-20-16-8-5-10(17)9-15(16)19-14-7-6-11-12(14)3-2-4-13(11)18/h2-5,8-9,14,19H,6-7H2,1H3. The third-order valence-corrected chi connectivity index (χ3v) is 4.20. The fourth-order valence-corrected chi connectivity index (χ4v) is 3.10. The number of fused-ring (bicyclic) bond motifs is 1. The lowest BCUT2D eigenvalue weighted by atomic mass is 10.1. The Morgan fingerprint density at radius 1 is 1.30 bits per heavy atom. The molecule has 1 unspecified atom stereocenters. The molecule has 0 heterocycles. The van der Waals surface area contributed by atoms with Crippen LogP contribution in [0.15, 0.2) is 40.9 Å². The molecule has 0 aromatic heterocycles. The summed E-state index contributed by atoms with van der Waals surface area (Å²) in [6.45, 7) is 0. The normalized spacial score (nSPS) is 16.9. The molecule has 2 aromatic carbocycles. The number of methoxy groups -OCH3 is 1. The Hall–Kier alpha value is -1.55. The number of rotatable bonds is 3. The molecule has 0 saturated heterocycles. The van der Waals surface area contributed by atoms with Gasteiger partial charge in [-0.15, -0.1) is 0 Å². The summed E-state index contributed by atoms with van der Waals surface area (Å²) in [5, 5.41) is 3.46. The maximum Gasteiger partial charge on any atom is 0.142 e. The lowest BCUT2D eigenvalue weighted by Gasteiger charge is -2.18. The zero-order valence-corrected chi connectivity index (χ0v) is 12.7.